The molecule has 1 fully saturated rings. The van der Waals surface area contributed by atoms with Crippen molar-refractivity contribution in [2.45, 2.75) is 44.3 Å². The SMILES string of the molecule is COCCn1cc2ccc(Nc3nc(NC4CCCCC4N)c(F)cc3C(N)=O)cc2n1. The number of ether oxygens (including phenoxy) is 1. The summed E-state index contributed by atoms with van der Waals surface area (Å²) in [6, 6.07) is 6.52. The number of aromatic nitrogens is 3. The van der Waals surface area contributed by atoms with Crippen LogP contribution in [0.1, 0.15) is 36.0 Å². The van der Waals surface area contributed by atoms with Gasteiger partial charge in [0.1, 0.15) is 5.82 Å². The average Bonchev–Trinajstić information content (AvgIpc) is 3.17. The number of nitrogens with one attached hydrogen (secondary N) is 2. The number of carbonyl (C=O) groups is 1. The van der Waals surface area contributed by atoms with Gasteiger partial charge in [-0.1, -0.05) is 12.8 Å². The van der Waals surface area contributed by atoms with Crippen LogP contribution in [0.4, 0.5) is 21.7 Å². The maximum atomic E-state index is 14.7. The van der Waals surface area contributed by atoms with Gasteiger partial charge in [0.05, 0.1) is 24.2 Å². The molecule has 0 spiro atoms. The fourth-order valence-electron chi connectivity index (χ4n) is 3.97. The Morgan fingerprint density at radius 2 is 2.09 bits per heavy atom. The lowest BCUT2D eigenvalue weighted by molar-refractivity contribution is 0.100. The van der Waals surface area contributed by atoms with Gasteiger partial charge in [0.15, 0.2) is 11.6 Å². The van der Waals surface area contributed by atoms with Crippen LogP contribution in [-0.2, 0) is 11.3 Å². The molecule has 2 unspecified atom stereocenters. The first kappa shape index (κ1) is 22.0. The van der Waals surface area contributed by atoms with Crippen molar-refractivity contribution < 1.29 is 13.9 Å². The van der Waals surface area contributed by atoms with Gasteiger partial charge in [0.2, 0.25) is 0 Å². The van der Waals surface area contributed by atoms with Crippen molar-refractivity contribution in [1.82, 2.24) is 14.8 Å². The lowest BCUT2D eigenvalue weighted by Crippen LogP contribution is -2.43. The Balaban J connectivity index is 1.61. The van der Waals surface area contributed by atoms with Crippen molar-refractivity contribution in [2.24, 2.45) is 11.5 Å². The van der Waals surface area contributed by atoms with E-state index in [1.165, 1.54) is 0 Å². The maximum Gasteiger partial charge on any atom is 0.252 e. The number of carbonyl (C=O) groups excluding carboxylic acids is 1. The minimum absolute atomic E-state index is 0.0355. The first-order valence-corrected chi connectivity index (χ1v) is 10.7. The number of fused-ring (bicyclic) bond motifs is 1. The van der Waals surface area contributed by atoms with Crippen molar-refractivity contribution in [3.8, 4) is 0 Å². The summed E-state index contributed by atoms with van der Waals surface area (Å²) >= 11 is 0. The molecule has 2 atom stereocenters. The Labute approximate surface area is 185 Å². The standard InChI is InChI=1S/C22H28FN7O2/c1-32-9-8-30-12-13-6-7-14(10-19(13)29-30)26-21-15(20(25)31)11-16(23)22(28-21)27-18-5-3-2-4-17(18)24/h6-7,10-12,17-18H,2-5,8-9,24H2,1H3,(H2,25,31)(H2,26,27,28). The van der Waals surface area contributed by atoms with Gasteiger partial charge < -0.3 is 26.8 Å². The van der Waals surface area contributed by atoms with Gasteiger partial charge in [-0.05, 0) is 37.1 Å². The molecule has 1 aliphatic carbocycles. The van der Waals surface area contributed by atoms with E-state index in [-0.39, 0.29) is 29.3 Å². The molecule has 4 rings (SSSR count). The molecule has 1 aliphatic rings. The van der Waals surface area contributed by atoms with E-state index in [2.05, 4.69) is 20.7 Å². The molecule has 1 amide bonds. The van der Waals surface area contributed by atoms with Gasteiger partial charge >= 0.3 is 0 Å². The van der Waals surface area contributed by atoms with E-state index in [0.717, 1.165) is 42.7 Å². The fourth-order valence-corrected chi connectivity index (χ4v) is 3.97. The predicted octanol–water partition coefficient (Wildman–Crippen LogP) is 2.74. The molecule has 1 saturated carbocycles. The third kappa shape index (κ3) is 4.81. The molecule has 0 bridgehead atoms. The van der Waals surface area contributed by atoms with Gasteiger partial charge in [-0.25, -0.2) is 9.37 Å². The van der Waals surface area contributed by atoms with Crippen LogP contribution in [0.2, 0.25) is 0 Å². The number of halogens is 1. The molecule has 0 saturated heterocycles. The van der Waals surface area contributed by atoms with E-state index >= 15 is 0 Å². The number of methoxy groups -OCH3 is 1. The molecule has 2 aromatic heterocycles. The van der Waals surface area contributed by atoms with Crippen molar-refractivity contribution >= 4 is 34.1 Å². The van der Waals surface area contributed by atoms with Gasteiger partial charge in [0, 0.05) is 36.5 Å². The number of primary amides is 1. The second-order valence-corrected chi connectivity index (χ2v) is 8.06. The van der Waals surface area contributed by atoms with Gasteiger partial charge in [-0.15, -0.1) is 0 Å². The van der Waals surface area contributed by atoms with Crippen molar-refractivity contribution in [2.75, 3.05) is 24.4 Å². The normalized spacial score (nSPS) is 18.6. The Morgan fingerprint density at radius 1 is 1.28 bits per heavy atom. The summed E-state index contributed by atoms with van der Waals surface area (Å²) in [5.74, 6) is -1.20. The summed E-state index contributed by atoms with van der Waals surface area (Å²) in [5, 5.41) is 11.7. The van der Waals surface area contributed by atoms with E-state index in [9.17, 15) is 9.18 Å². The predicted molar refractivity (Wildman–Crippen MR) is 121 cm³/mol. The second kappa shape index (κ2) is 9.49. The number of nitrogens with zero attached hydrogens (tertiary/aromatic N) is 3. The summed E-state index contributed by atoms with van der Waals surface area (Å²) in [7, 11) is 1.64. The molecular weight excluding hydrogens is 413 g/mol. The molecule has 10 heteroatoms. The van der Waals surface area contributed by atoms with Gasteiger partial charge in [-0.2, -0.15) is 5.10 Å². The first-order valence-electron chi connectivity index (χ1n) is 10.7. The number of rotatable bonds is 8. The van der Waals surface area contributed by atoms with E-state index in [4.69, 9.17) is 16.2 Å². The van der Waals surface area contributed by atoms with Crippen molar-refractivity contribution in [1.29, 1.82) is 0 Å². The highest BCUT2D eigenvalue weighted by Crippen LogP contribution is 2.28. The Hall–Kier alpha value is -3.24. The van der Waals surface area contributed by atoms with Crippen LogP contribution in [0.3, 0.4) is 0 Å². The van der Waals surface area contributed by atoms with Crippen LogP contribution in [0.15, 0.2) is 30.5 Å². The third-order valence-electron chi connectivity index (χ3n) is 5.72. The second-order valence-electron chi connectivity index (χ2n) is 8.06. The topological polar surface area (TPSA) is 133 Å². The van der Waals surface area contributed by atoms with Crippen LogP contribution in [0.5, 0.6) is 0 Å². The number of pyridine rings is 1. The smallest absolute Gasteiger partial charge is 0.252 e. The highest BCUT2D eigenvalue weighted by atomic mass is 19.1. The molecule has 9 nitrogen and oxygen atoms in total. The minimum atomic E-state index is -0.773. The van der Waals surface area contributed by atoms with E-state index in [1.807, 2.05) is 24.4 Å². The number of hydrogen-bond donors (Lipinski definition) is 4. The number of hydrogen-bond acceptors (Lipinski definition) is 7. The average molecular weight is 442 g/mol. The van der Waals surface area contributed by atoms with Crippen LogP contribution < -0.4 is 22.1 Å². The molecule has 3 aromatic rings. The zero-order valence-electron chi connectivity index (χ0n) is 18.0. The van der Waals surface area contributed by atoms with E-state index < -0.39 is 11.7 Å². The number of amides is 1. The third-order valence-corrected chi connectivity index (χ3v) is 5.72. The summed E-state index contributed by atoms with van der Waals surface area (Å²) < 4.78 is 21.6. The molecule has 0 aliphatic heterocycles. The van der Waals surface area contributed by atoms with Crippen LogP contribution in [0, 0.1) is 5.82 Å². The molecular formula is C22H28FN7O2. The lowest BCUT2D eigenvalue weighted by atomic mass is 9.91. The molecule has 170 valence electrons. The largest absolute Gasteiger partial charge is 0.383 e. The van der Waals surface area contributed by atoms with Gasteiger partial charge in [0.25, 0.3) is 5.91 Å². The monoisotopic (exact) mass is 441 g/mol. The van der Waals surface area contributed by atoms with Gasteiger partial charge in [-0.3, -0.25) is 9.48 Å². The highest BCUT2D eigenvalue weighted by Gasteiger charge is 2.24. The lowest BCUT2D eigenvalue weighted by Gasteiger charge is -2.30. The summed E-state index contributed by atoms with van der Waals surface area (Å²) in [6.07, 6.45) is 5.73. The number of anilines is 3. The maximum absolute atomic E-state index is 14.7. The quantitative estimate of drug-likeness (QED) is 0.422. The van der Waals surface area contributed by atoms with Crippen LogP contribution >= 0.6 is 0 Å². The van der Waals surface area contributed by atoms with Crippen LogP contribution in [0.25, 0.3) is 10.9 Å². The number of nitrogens with two attached hydrogens (primary N) is 2. The summed E-state index contributed by atoms with van der Waals surface area (Å²) in [6.45, 7) is 1.19. The summed E-state index contributed by atoms with van der Waals surface area (Å²) in [4.78, 5) is 16.3. The minimum Gasteiger partial charge on any atom is -0.383 e. The van der Waals surface area contributed by atoms with E-state index in [1.54, 1.807) is 11.8 Å². The Bertz CT molecular complexity index is 1120. The summed E-state index contributed by atoms with van der Waals surface area (Å²) in [5.41, 5.74) is 13.0. The Morgan fingerprint density at radius 3 is 2.84 bits per heavy atom. The molecule has 2 heterocycles. The number of benzene rings is 1. The zero-order chi connectivity index (χ0) is 22.7. The highest BCUT2D eigenvalue weighted by molar-refractivity contribution is 5.99. The first-order chi connectivity index (χ1) is 15.4. The molecule has 32 heavy (non-hydrogen) atoms. The van der Waals surface area contributed by atoms with Crippen molar-refractivity contribution in [3.05, 3.63) is 41.8 Å². The molecule has 6 N–H and O–H groups in total. The molecule has 0 radical (unpaired) electrons. The van der Waals surface area contributed by atoms with E-state index in [0.29, 0.717) is 18.8 Å². The molecule has 1 aromatic carbocycles. The van der Waals surface area contributed by atoms with Crippen molar-refractivity contribution in [3.63, 3.8) is 0 Å². The Kier molecular flexibility index (Phi) is 6.52. The zero-order valence-corrected chi connectivity index (χ0v) is 18.0. The van der Waals surface area contributed by atoms with Crippen LogP contribution in [-0.4, -0.2) is 46.5 Å². The fraction of sp³-hybridized carbons (Fsp3) is 0.409.